The number of nitrogens with zero attached hydrogens (tertiary/aromatic N) is 5. The number of hydrogen-bond acceptors (Lipinski definition) is 5. The highest BCUT2D eigenvalue weighted by atomic mass is 15.5. The smallest absolute Gasteiger partial charge is 0.196 e. The first-order chi connectivity index (χ1) is 12.8. The summed E-state index contributed by atoms with van der Waals surface area (Å²) in [7, 11) is 0. The van der Waals surface area contributed by atoms with E-state index in [1.54, 1.807) is 12.1 Å². The maximum atomic E-state index is 8.94. The molecule has 0 amide bonds. The van der Waals surface area contributed by atoms with Crippen molar-refractivity contribution in [1.82, 2.24) is 25.9 Å². The minimum atomic E-state index is 0.342. The standard InChI is InChI=1S/C18H24N8/c19-12-14-8-10-16(11-9-14)22-18(20-13-17-23-25-26-24-17)21-15-6-4-2-1-3-5-7-15/h8-11,15H,1-7,13H2,(H2,20,21,22)(H,23,24,25,26). The summed E-state index contributed by atoms with van der Waals surface area (Å²) in [5, 5.41) is 29.7. The van der Waals surface area contributed by atoms with Gasteiger partial charge in [0.15, 0.2) is 11.8 Å². The van der Waals surface area contributed by atoms with Crippen molar-refractivity contribution >= 4 is 11.6 Å². The normalized spacial score (nSPS) is 16.3. The zero-order valence-corrected chi connectivity index (χ0v) is 14.8. The Bertz CT molecular complexity index is 722. The lowest BCUT2D eigenvalue weighted by molar-refractivity contribution is 0.428. The van der Waals surface area contributed by atoms with E-state index in [0.717, 1.165) is 18.5 Å². The molecule has 3 rings (SSSR count). The van der Waals surface area contributed by atoms with Gasteiger partial charge in [-0.1, -0.05) is 37.3 Å². The Hall–Kier alpha value is -2.95. The Morgan fingerprint density at radius 1 is 1.15 bits per heavy atom. The van der Waals surface area contributed by atoms with Gasteiger partial charge in [0.2, 0.25) is 0 Å². The highest BCUT2D eigenvalue weighted by molar-refractivity contribution is 5.93. The van der Waals surface area contributed by atoms with Gasteiger partial charge in [-0.15, -0.1) is 10.2 Å². The van der Waals surface area contributed by atoms with Crippen LogP contribution in [0, 0.1) is 11.3 Å². The molecule has 1 aliphatic carbocycles. The lowest BCUT2D eigenvalue weighted by atomic mass is 9.97. The largest absolute Gasteiger partial charge is 0.353 e. The molecule has 3 N–H and O–H groups in total. The van der Waals surface area contributed by atoms with E-state index in [1.807, 2.05) is 12.1 Å². The Kier molecular flexibility index (Phi) is 6.53. The van der Waals surface area contributed by atoms with Gasteiger partial charge in [0.05, 0.1) is 11.6 Å². The number of nitriles is 1. The molecule has 2 aromatic rings. The van der Waals surface area contributed by atoms with Crippen LogP contribution in [0.4, 0.5) is 5.69 Å². The molecule has 1 aromatic carbocycles. The average Bonchev–Trinajstić information content (AvgIpc) is 3.16. The summed E-state index contributed by atoms with van der Waals surface area (Å²) in [5.74, 6) is 1.24. The average molecular weight is 352 g/mol. The van der Waals surface area contributed by atoms with E-state index in [2.05, 4.69) is 42.3 Å². The van der Waals surface area contributed by atoms with E-state index in [9.17, 15) is 0 Å². The summed E-state index contributed by atoms with van der Waals surface area (Å²) in [6.45, 7) is 0.342. The number of tetrazole rings is 1. The minimum absolute atomic E-state index is 0.342. The second kappa shape index (κ2) is 9.51. The predicted molar refractivity (Wildman–Crippen MR) is 99.3 cm³/mol. The zero-order chi connectivity index (χ0) is 18.0. The predicted octanol–water partition coefficient (Wildman–Crippen LogP) is 2.74. The number of benzene rings is 1. The fraction of sp³-hybridized carbons (Fsp3) is 0.500. The minimum Gasteiger partial charge on any atom is -0.353 e. The number of guanidine groups is 1. The fourth-order valence-corrected chi connectivity index (χ4v) is 3.08. The van der Waals surface area contributed by atoms with Crippen LogP contribution in [-0.2, 0) is 6.54 Å². The number of aromatic amines is 1. The molecule has 0 radical (unpaired) electrons. The van der Waals surface area contributed by atoms with Crippen molar-refractivity contribution in [3.8, 4) is 6.07 Å². The number of hydrogen-bond donors (Lipinski definition) is 3. The summed E-state index contributed by atoms with van der Waals surface area (Å²) in [4.78, 5) is 4.60. The third kappa shape index (κ3) is 5.55. The molecule has 8 heteroatoms. The van der Waals surface area contributed by atoms with E-state index in [0.29, 0.717) is 29.9 Å². The molecule has 1 saturated carbocycles. The topological polar surface area (TPSA) is 115 Å². The lowest BCUT2D eigenvalue weighted by Gasteiger charge is -2.23. The van der Waals surface area contributed by atoms with Gasteiger partial charge in [0, 0.05) is 11.7 Å². The molecule has 1 fully saturated rings. The molecule has 136 valence electrons. The molecule has 0 spiro atoms. The number of rotatable bonds is 4. The first-order valence-electron chi connectivity index (χ1n) is 9.14. The summed E-state index contributed by atoms with van der Waals surface area (Å²) in [5.41, 5.74) is 1.52. The zero-order valence-electron chi connectivity index (χ0n) is 14.8. The number of aliphatic imine (C=N–C) groups is 1. The van der Waals surface area contributed by atoms with Gasteiger partial charge in [-0.3, -0.25) is 0 Å². The first kappa shape index (κ1) is 17.9. The van der Waals surface area contributed by atoms with Crippen LogP contribution in [0.2, 0.25) is 0 Å². The van der Waals surface area contributed by atoms with Gasteiger partial charge in [-0.05, 0) is 37.1 Å². The van der Waals surface area contributed by atoms with Gasteiger partial charge in [-0.25, -0.2) is 4.99 Å². The first-order valence-corrected chi connectivity index (χ1v) is 9.14. The van der Waals surface area contributed by atoms with Crippen LogP contribution in [0.15, 0.2) is 29.3 Å². The molecule has 0 saturated heterocycles. The van der Waals surface area contributed by atoms with Crippen molar-refractivity contribution in [2.75, 3.05) is 5.32 Å². The van der Waals surface area contributed by atoms with Crippen LogP contribution in [0.1, 0.15) is 56.3 Å². The quantitative estimate of drug-likeness (QED) is 0.576. The van der Waals surface area contributed by atoms with E-state index in [1.165, 1.54) is 32.1 Å². The van der Waals surface area contributed by atoms with Crippen molar-refractivity contribution in [3.05, 3.63) is 35.7 Å². The van der Waals surface area contributed by atoms with Crippen molar-refractivity contribution in [3.63, 3.8) is 0 Å². The van der Waals surface area contributed by atoms with Crippen LogP contribution in [0.25, 0.3) is 0 Å². The van der Waals surface area contributed by atoms with E-state index >= 15 is 0 Å². The number of nitrogens with one attached hydrogen (secondary N) is 3. The third-order valence-corrected chi connectivity index (χ3v) is 4.49. The van der Waals surface area contributed by atoms with Gasteiger partial charge < -0.3 is 10.6 Å². The van der Waals surface area contributed by atoms with Gasteiger partial charge in [-0.2, -0.15) is 10.5 Å². The maximum Gasteiger partial charge on any atom is 0.196 e. The second-order valence-electron chi connectivity index (χ2n) is 6.49. The SMILES string of the molecule is N#Cc1ccc(NC(=NCc2nn[nH]n2)NC2CCCCCCC2)cc1. The van der Waals surface area contributed by atoms with E-state index < -0.39 is 0 Å². The molecule has 0 bridgehead atoms. The van der Waals surface area contributed by atoms with Crippen molar-refractivity contribution in [2.24, 2.45) is 4.99 Å². The molecule has 26 heavy (non-hydrogen) atoms. The molecule has 0 aliphatic heterocycles. The molecular weight excluding hydrogens is 328 g/mol. The molecule has 1 aliphatic rings. The molecule has 0 atom stereocenters. The van der Waals surface area contributed by atoms with Gasteiger partial charge in [0.1, 0.15) is 6.54 Å². The summed E-state index contributed by atoms with van der Waals surface area (Å²) in [6, 6.07) is 9.86. The van der Waals surface area contributed by atoms with Crippen molar-refractivity contribution in [1.29, 1.82) is 5.26 Å². The third-order valence-electron chi connectivity index (χ3n) is 4.49. The lowest BCUT2D eigenvalue weighted by Crippen LogP contribution is -2.39. The maximum absolute atomic E-state index is 8.94. The molecular formula is C18H24N8. The molecule has 1 aromatic heterocycles. The summed E-state index contributed by atoms with van der Waals surface area (Å²) < 4.78 is 0. The summed E-state index contributed by atoms with van der Waals surface area (Å²) in [6.07, 6.45) is 8.73. The highest BCUT2D eigenvalue weighted by Gasteiger charge is 2.13. The Balaban J connectivity index is 1.69. The van der Waals surface area contributed by atoms with Crippen LogP contribution in [0.5, 0.6) is 0 Å². The van der Waals surface area contributed by atoms with Crippen LogP contribution < -0.4 is 10.6 Å². The van der Waals surface area contributed by atoms with Crippen molar-refractivity contribution in [2.45, 2.75) is 57.5 Å². The van der Waals surface area contributed by atoms with Crippen LogP contribution in [-0.4, -0.2) is 32.6 Å². The molecule has 0 unspecified atom stereocenters. The monoisotopic (exact) mass is 352 g/mol. The second-order valence-corrected chi connectivity index (χ2v) is 6.49. The number of aromatic nitrogens is 4. The molecule has 1 heterocycles. The summed E-state index contributed by atoms with van der Waals surface area (Å²) >= 11 is 0. The van der Waals surface area contributed by atoms with Crippen LogP contribution in [0.3, 0.4) is 0 Å². The Labute approximate surface area is 153 Å². The van der Waals surface area contributed by atoms with Gasteiger partial charge >= 0.3 is 0 Å². The van der Waals surface area contributed by atoms with Crippen molar-refractivity contribution < 1.29 is 0 Å². The Morgan fingerprint density at radius 3 is 2.54 bits per heavy atom. The number of anilines is 1. The number of H-pyrrole nitrogens is 1. The fourth-order valence-electron chi connectivity index (χ4n) is 3.08. The highest BCUT2D eigenvalue weighted by Crippen LogP contribution is 2.17. The Morgan fingerprint density at radius 2 is 1.88 bits per heavy atom. The van der Waals surface area contributed by atoms with E-state index in [-0.39, 0.29) is 0 Å². The van der Waals surface area contributed by atoms with E-state index in [4.69, 9.17) is 5.26 Å². The molecule has 8 nitrogen and oxygen atoms in total. The van der Waals surface area contributed by atoms with Gasteiger partial charge in [0.25, 0.3) is 0 Å². The van der Waals surface area contributed by atoms with Crippen LogP contribution >= 0.6 is 0 Å².